The van der Waals surface area contributed by atoms with E-state index in [1.54, 1.807) is 0 Å². The van der Waals surface area contributed by atoms with E-state index in [9.17, 15) is 5.11 Å². The molecule has 0 spiro atoms. The molecule has 0 amide bonds. The van der Waals surface area contributed by atoms with Crippen LogP contribution in [0.3, 0.4) is 0 Å². The minimum absolute atomic E-state index is 0.186. The van der Waals surface area contributed by atoms with Crippen LogP contribution in [0.4, 0.5) is 0 Å². The van der Waals surface area contributed by atoms with Gasteiger partial charge in [-0.05, 0) is 5.92 Å². The van der Waals surface area contributed by atoms with Crippen LogP contribution in [0, 0.1) is 11.8 Å². The second-order valence-electron chi connectivity index (χ2n) is 3.04. The summed E-state index contributed by atoms with van der Waals surface area (Å²) < 4.78 is 0. The Labute approximate surface area is 70.3 Å². The Hall–Kier alpha value is 0.180. The van der Waals surface area contributed by atoms with Crippen LogP contribution in [-0.4, -0.2) is 16.0 Å². The van der Waals surface area contributed by atoms with Crippen LogP contribution in [0.15, 0.2) is 12.2 Å². The Morgan fingerprint density at radius 1 is 1.30 bits per heavy atom. The van der Waals surface area contributed by atoms with Gasteiger partial charge in [0.15, 0.2) is 0 Å². The molecule has 1 aliphatic rings. The first-order valence-electron chi connectivity index (χ1n) is 3.63. The molecule has 0 fully saturated rings. The molecule has 0 unspecified atom stereocenters. The van der Waals surface area contributed by atoms with Gasteiger partial charge in [-0.15, -0.1) is 0 Å². The average molecular weight is 205 g/mol. The molecule has 0 aromatic carbocycles. The summed E-state index contributed by atoms with van der Waals surface area (Å²) in [6, 6.07) is 0. The largest absolute Gasteiger partial charge is 0.392 e. The van der Waals surface area contributed by atoms with Crippen molar-refractivity contribution in [1.82, 2.24) is 0 Å². The van der Waals surface area contributed by atoms with E-state index < -0.39 is 0 Å². The molecule has 0 heterocycles. The lowest BCUT2D eigenvalue weighted by atomic mass is 9.86. The minimum Gasteiger partial charge on any atom is -0.392 e. The number of alkyl halides is 1. The van der Waals surface area contributed by atoms with E-state index in [4.69, 9.17) is 0 Å². The maximum atomic E-state index is 9.54. The summed E-state index contributed by atoms with van der Waals surface area (Å²) in [6.07, 6.45) is 3.99. The Balaban J connectivity index is 2.69. The maximum absolute atomic E-state index is 9.54. The fraction of sp³-hybridized carbons (Fsp3) is 0.750. The van der Waals surface area contributed by atoms with Crippen molar-refractivity contribution in [2.75, 3.05) is 0 Å². The highest BCUT2D eigenvalue weighted by Gasteiger charge is 2.27. The van der Waals surface area contributed by atoms with E-state index in [2.05, 4.69) is 35.0 Å². The van der Waals surface area contributed by atoms with Crippen molar-refractivity contribution >= 4 is 15.9 Å². The number of halogens is 1. The molecule has 0 bridgehead atoms. The van der Waals surface area contributed by atoms with Gasteiger partial charge in [0.05, 0.1) is 6.10 Å². The molecule has 0 aliphatic heterocycles. The van der Waals surface area contributed by atoms with Crippen molar-refractivity contribution in [3.63, 3.8) is 0 Å². The highest BCUT2D eigenvalue weighted by Crippen LogP contribution is 2.27. The van der Waals surface area contributed by atoms with E-state index in [-0.39, 0.29) is 6.10 Å². The lowest BCUT2D eigenvalue weighted by Gasteiger charge is -2.29. The third-order valence-corrected chi connectivity index (χ3v) is 3.32. The van der Waals surface area contributed by atoms with Crippen molar-refractivity contribution in [3.8, 4) is 0 Å². The fourth-order valence-electron chi connectivity index (χ4n) is 1.24. The predicted octanol–water partition coefficient (Wildman–Crippen LogP) is 1.95. The molecule has 0 radical (unpaired) electrons. The van der Waals surface area contributed by atoms with Crippen LogP contribution in [0.1, 0.15) is 13.8 Å². The number of hydrogen-bond donors (Lipinski definition) is 1. The smallest absolute Gasteiger partial charge is 0.0639 e. The van der Waals surface area contributed by atoms with Gasteiger partial charge >= 0.3 is 0 Å². The summed E-state index contributed by atoms with van der Waals surface area (Å²) in [4.78, 5) is 0.346. The first-order valence-corrected chi connectivity index (χ1v) is 4.55. The zero-order chi connectivity index (χ0) is 7.72. The number of hydrogen-bond acceptors (Lipinski definition) is 1. The standard InChI is InChI=1S/C8H13BrO/c1-5-3-4-7(9)6(2)8(5)10/h3-8,10H,1-2H3/t5-,6+,7+,8+/m0/s1. The summed E-state index contributed by atoms with van der Waals surface area (Å²) in [5, 5.41) is 9.54. The Kier molecular flexibility index (Phi) is 2.53. The Bertz CT molecular complexity index is 128. The number of aliphatic hydroxyl groups excluding tert-OH is 1. The van der Waals surface area contributed by atoms with Crippen LogP contribution < -0.4 is 0 Å². The molecule has 1 aliphatic carbocycles. The molecular weight excluding hydrogens is 192 g/mol. The van der Waals surface area contributed by atoms with E-state index in [0.717, 1.165) is 0 Å². The average Bonchev–Trinajstić information content (AvgIpc) is 1.93. The molecule has 1 nitrogen and oxygen atoms in total. The van der Waals surface area contributed by atoms with Gasteiger partial charge in [-0.25, -0.2) is 0 Å². The number of rotatable bonds is 0. The van der Waals surface area contributed by atoms with Gasteiger partial charge in [-0.3, -0.25) is 0 Å². The number of aliphatic hydroxyl groups is 1. The van der Waals surface area contributed by atoms with E-state index >= 15 is 0 Å². The molecule has 4 atom stereocenters. The lowest BCUT2D eigenvalue weighted by Crippen LogP contribution is -2.33. The van der Waals surface area contributed by atoms with Crippen LogP contribution in [0.25, 0.3) is 0 Å². The summed E-state index contributed by atoms with van der Waals surface area (Å²) >= 11 is 3.47. The highest BCUT2D eigenvalue weighted by atomic mass is 79.9. The van der Waals surface area contributed by atoms with Gasteiger partial charge in [-0.1, -0.05) is 41.9 Å². The third kappa shape index (κ3) is 1.43. The topological polar surface area (TPSA) is 20.2 Å². The minimum atomic E-state index is -0.186. The van der Waals surface area contributed by atoms with Gasteiger partial charge in [-0.2, -0.15) is 0 Å². The molecule has 0 aromatic rings. The first-order chi connectivity index (χ1) is 4.63. The monoisotopic (exact) mass is 204 g/mol. The van der Waals surface area contributed by atoms with Crippen molar-refractivity contribution < 1.29 is 5.11 Å². The summed E-state index contributed by atoms with van der Waals surface area (Å²) in [6.45, 7) is 4.10. The number of allylic oxidation sites excluding steroid dienone is 1. The van der Waals surface area contributed by atoms with Crippen molar-refractivity contribution in [1.29, 1.82) is 0 Å². The second-order valence-corrected chi connectivity index (χ2v) is 4.10. The zero-order valence-electron chi connectivity index (χ0n) is 6.29. The van der Waals surface area contributed by atoms with Gasteiger partial charge in [0.1, 0.15) is 0 Å². The first kappa shape index (κ1) is 8.28. The van der Waals surface area contributed by atoms with Gasteiger partial charge < -0.3 is 5.11 Å². The van der Waals surface area contributed by atoms with Crippen molar-refractivity contribution in [3.05, 3.63) is 12.2 Å². The van der Waals surface area contributed by atoms with Crippen molar-refractivity contribution in [2.45, 2.75) is 24.8 Å². The summed E-state index contributed by atoms with van der Waals surface area (Å²) in [5.41, 5.74) is 0. The molecule has 58 valence electrons. The molecule has 1 rings (SSSR count). The molecule has 1 N–H and O–H groups in total. The van der Waals surface area contributed by atoms with E-state index in [0.29, 0.717) is 16.7 Å². The Morgan fingerprint density at radius 3 is 2.40 bits per heavy atom. The van der Waals surface area contributed by atoms with E-state index in [1.165, 1.54) is 0 Å². The van der Waals surface area contributed by atoms with Crippen LogP contribution in [0.2, 0.25) is 0 Å². The quantitative estimate of drug-likeness (QED) is 0.473. The molecular formula is C8H13BrO. The molecule has 0 saturated carbocycles. The normalized spacial score (nSPS) is 47.6. The molecule has 0 saturated heterocycles. The second kappa shape index (κ2) is 3.05. The third-order valence-electron chi connectivity index (χ3n) is 2.18. The van der Waals surface area contributed by atoms with Crippen LogP contribution in [0.5, 0.6) is 0 Å². The summed E-state index contributed by atoms with van der Waals surface area (Å²) in [5.74, 6) is 0.642. The van der Waals surface area contributed by atoms with Gasteiger partial charge in [0, 0.05) is 10.7 Å². The maximum Gasteiger partial charge on any atom is 0.0639 e. The zero-order valence-corrected chi connectivity index (χ0v) is 7.88. The van der Waals surface area contributed by atoms with E-state index in [1.807, 2.05) is 6.92 Å². The summed E-state index contributed by atoms with van der Waals surface area (Å²) in [7, 11) is 0. The van der Waals surface area contributed by atoms with Crippen molar-refractivity contribution in [2.24, 2.45) is 11.8 Å². The fourth-order valence-corrected chi connectivity index (χ4v) is 1.73. The van der Waals surface area contributed by atoms with Gasteiger partial charge in [0.25, 0.3) is 0 Å². The van der Waals surface area contributed by atoms with Crippen LogP contribution >= 0.6 is 15.9 Å². The predicted molar refractivity (Wildman–Crippen MR) is 46.2 cm³/mol. The highest BCUT2D eigenvalue weighted by molar-refractivity contribution is 9.09. The lowest BCUT2D eigenvalue weighted by molar-refractivity contribution is 0.0812. The Morgan fingerprint density at radius 2 is 1.90 bits per heavy atom. The van der Waals surface area contributed by atoms with Gasteiger partial charge in [0.2, 0.25) is 0 Å². The molecule has 0 aromatic heterocycles. The molecule has 2 heteroatoms. The van der Waals surface area contributed by atoms with Crippen LogP contribution in [-0.2, 0) is 0 Å². The SMILES string of the molecule is C[C@H]1[C@H](O)[C@@H](C)C=C[C@H]1Br. The molecule has 10 heavy (non-hydrogen) atoms.